The third-order valence-electron chi connectivity index (χ3n) is 4.20. The Bertz CT molecular complexity index is 1170. The number of carbonyl (C=O) groups is 3. The van der Waals surface area contributed by atoms with Gasteiger partial charge in [-0.25, -0.2) is 14.6 Å². The quantitative estimate of drug-likeness (QED) is 0.791. The van der Waals surface area contributed by atoms with E-state index in [-0.39, 0.29) is 22.9 Å². The molecule has 0 saturated carbocycles. The number of anilines is 1. The van der Waals surface area contributed by atoms with Crippen LogP contribution >= 0.6 is 0 Å². The first-order valence-electron chi connectivity index (χ1n) is 8.68. The number of pyridine rings is 2. The molecule has 2 amide bonds. The van der Waals surface area contributed by atoms with Gasteiger partial charge in [0.15, 0.2) is 5.84 Å². The maximum Gasteiger partial charge on any atom is 0.337 e. The van der Waals surface area contributed by atoms with Crippen molar-refractivity contribution in [3.63, 3.8) is 0 Å². The second-order valence-corrected chi connectivity index (χ2v) is 6.20. The molecular formula is C21H15N5O4. The maximum atomic E-state index is 13.0. The fourth-order valence-electron chi connectivity index (χ4n) is 2.81. The molecule has 0 aromatic carbocycles. The van der Waals surface area contributed by atoms with Gasteiger partial charge in [0.2, 0.25) is 5.91 Å². The van der Waals surface area contributed by atoms with Crippen LogP contribution in [-0.4, -0.2) is 38.7 Å². The lowest BCUT2D eigenvalue weighted by Crippen LogP contribution is -2.43. The fraction of sp³-hybridized carbons (Fsp3) is 0.0952. The summed E-state index contributed by atoms with van der Waals surface area (Å²) in [5, 5.41) is 9.08. The number of amides is 2. The molecule has 0 unspecified atom stereocenters. The fourth-order valence-corrected chi connectivity index (χ4v) is 2.81. The highest BCUT2D eigenvalue weighted by Crippen LogP contribution is 2.31. The predicted molar refractivity (Wildman–Crippen MR) is 108 cm³/mol. The van der Waals surface area contributed by atoms with Crippen molar-refractivity contribution >= 4 is 35.5 Å². The van der Waals surface area contributed by atoms with Crippen LogP contribution in [-0.2, 0) is 9.59 Å². The van der Waals surface area contributed by atoms with E-state index in [1.54, 1.807) is 37.4 Å². The van der Waals surface area contributed by atoms with Crippen LogP contribution < -0.4 is 4.90 Å². The Morgan fingerprint density at radius 1 is 1.23 bits per heavy atom. The van der Waals surface area contributed by atoms with Gasteiger partial charge >= 0.3 is 5.97 Å². The molecule has 0 radical (unpaired) electrons. The minimum Gasteiger partial charge on any atom is -0.478 e. The molecule has 2 aromatic rings. The van der Waals surface area contributed by atoms with Crippen LogP contribution in [0.2, 0.25) is 0 Å². The Hall–Kier alpha value is -4.45. The van der Waals surface area contributed by atoms with Crippen molar-refractivity contribution in [3.05, 3.63) is 82.2 Å². The molecule has 9 heteroatoms. The molecule has 3 heterocycles. The molecule has 0 bridgehead atoms. The zero-order valence-corrected chi connectivity index (χ0v) is 16.0. The van der Waals surface area contributed by atoms with Gasteiger partial charge in [-0.3, -0.25) is 19.5 Å². The summed E-state index contributed by atoms with van der Waals surface area (Å²) < 4.78 is 0. The van der Waals surface area contributed by atoms with Gasteiger partial charge in [0.1, 0.15) is 5.82 Å². The SMILES string of the molecule is [C-]#[N+]C1=C(C)/C(=C/c2ccccn2)C(=NC(C)=O)N(c2ccc(C(=O)O)cn2)C1=O. The van der Waals surface area contributed by atoms with Crippen LogP contribution in [0, 0.1) is 6.57 Å². The first kappa shape index (κ1) is 20.3. The number of nitrogens with zero attached hydrogens (tertiary/aromatic N) is 5. The van der Waals surface area contributed by atoms with Crippen molar-refractivity contribution in [2.45, 2.75) is 13.8 Å². The highest BCUT2D eigenvalue weighted by Gasteiger charge is 2.36. The van der Waals surface area contributed by atoms with Gasteiger partial charge < -0.3 is 5.11 Å². The number of aromatic carboxylic acids is 1. The molecule has 1 aliphatic heterocycles. The van der Waals surface area contributed by atoms with E-state index in [1.165, 1.54) is 19.1 Å². The molecule has 1 aliphatic rings. The Labute approximate surface area is 171 Å². The standard InChI is InChI=1S/C21H15N5O4/c1-12-16(10-15-6-4-5-9-23-15)19(25-13(2)27)26(20(28)18(12)22-3)17-8-7-14(11-24-17)21(29)30/h4-11H,1-2H3,(H,29,30)/b16-10-,25-19?. The maximum absolute atomic E-state index is 13.0. The monoisotopic (exact) mass is 401 g/mol. The number of carbonyl (C=O) groups excluding carboxylic acids is 2. The van der Waals surface area contributed by atoms with Gasteiger partial charge in [0, 0.05) is 24.9 Å². The minimum atomic E-state index is -1.18. The van der Waals surface area contributed by atoms with Gasteiger partial charge in [0.05, 0.1) is 17.8 Å². The van der Waals surface area contributed by atoms with E-state index in [2.05, 4.69) is 19.8 Å². The van der Waals surface area contributed by atoms with E-state index < -0.39 is 17.8 Å². The highest BCUT2D eigenvalue weighted by atomic mass is 16.4. The number of aromatic nitrogens is 2. The van der Waals surface area contributed by atoms with Crippen molar-refractivity contribution in [2.24, 2.45) is 4.99 Å². The van der Waals surface area contributed by atoms with E-state index in [4.69, 9.17) is 11.7 Å². The first-order chi connectivity index (χ1) is 14.3. The third kappa shape index (κ3) is 3.88. The average Bonchev–Trinajstić information content (AvgIpc) is 2.72. The summed E-state index contributed by atoms with van der Waals surface area (Å²) in [6, 6.07) is 7.83. The third-order valence-corrected chi connectivity index (χ3v) is 4.20. The van der Waals surface area contributed by atoms with Gasteiger partial charge in [-0.05, 0) is 42.8 Å². The molecule has 0 aliphatic carbocycles. The van der Waals surface area contributed by atoms with Crippen LogP contribution in [0.4, 0.5) is 5.82 Å². The van der Waals surface area contributed by atoms with Gasteiger partial charge in [-0.2, -0.15) is 4.99 Å². The number of aliphatic imine (C=N–C) groups is 1. The number of rotatable bonds is 3. The molecule has 0 saturated heterocycles. The topological polar surface area (TPSA) is 117 Å². The van der Waals surface area contributed by atoms with Crippen LogP contribution in [0.25, 0.3) is 10.9 Å². The molecule has 3 rings (SSSR count). The van der Waals surface area contributed by atoms with Crippen LogP contribution in [0.1, 0.15) is 29.9 Å². The van der Waals surface area contributed by atoms with Crippen molar-refractivity contribution in [1.82, 2.24) is 9.97 Å². The predicted octanol–water partition coefficient (Wildman–Crippen LogP) is 2.74. The van der Waals surface area contributed by atoms with E-state index in [9.17, 15) is 14.4 Å². The van der Waals surface area contributed by atoms with Crippen LogP contribution in [0.3, 0.4) is 0 Å². The van der Waals surface area contributed by atoms with Crippen molar-refractivity contribution in [3.8, 4) is 0 Å². The highest BCUT2D eigenvalue weighted by molar-refractivity contribution is 6.34. The Balaban J connectivity index is 2.27. The lowest BCUT2D eigenvalue weighted by atomic mass is 9.97. The summed E-state index contributed by atoms with van der Waals surface area (Å²) in [5.74, 6) is -2.43. The molecule has 1 N–H and O–H groups in total. The van der Waals surface area contributed by atoms with Crippen molar-refractivity contribution in [1.29, 1.82) is 0 Å². The second kappa shape index (κ2) is 8.28. The first-order valence-corrected chi connectivity index (χ1v) is 8.68. The molecule has 0 fully saturated rings. The zero-order chi connectivity index (χ0) is 21.8. The van der Waals surface area contributed by atoms with E-state index in [0.717, 1.165) is 11.1 Å². The average molecular weight is 401 g/mol. The number of amidine groups is 1. The molecule has 2 aromatic heterocycles. The number of hydrogen-bond acceptors (Lipinski definition) is 5. The summed E-state index contributed by atoms with van der Waals surface area (Å²) in [5.41, 5.74) is 1.01. The Kier molecular flexibility index (Phi) is 5.60. The summed E-state index contributed by atoms with van der Waals surface area (Å²) >= 11 is 0. The molecule has 0 spiro atoms. The van der Waals surface area contributed by atoms with Gasteiger partial charge in [-0.15, -0.1) is 0 Å². The lowest BCUT2D eigenvalue weighted by molar-refractivity contribution is -0.115. The van der Waals surface area contributed by atoms with E-state index in [0.29, 0.717) is 16.8 Å². The van der Waals surface area contributed by atoms with Crippen LogP contribution in [0.5, 0.6) is 0 Å². The smallest absolute Gasteiger partial charge is 0.337 e. The second-order valence-electron chi connectivity index (χ2n) is 6.20. The number of hydrogen-bond donors (Lipinski definition) is 1. The molecule has 148 valence electrons. The van der Waals surface area contributed by atoms with E-state index >= 15 is 0 Å². The van der Waals surface area contributed by atoms with Crippen molar-refractivity contribution < 1.29 is 19.5 Å². The minimum absolute atomic E-state index is 0.0152. The summed E-state index contributed by atoms with van der Waals surface area (Å²) in [4.78, 5) is 52.6. The number of carboxylic acid groups (broad SMARTS) is 1. The number of carboxylic acids is 1. The molecular weight excluding hydrogens is 386 g/mol. The summed E-state index contributed by atoms with van der Waals surface area (Å²) in [7, 11) is 0. The molecule has 0 atom stereocenters. The Morgan fingerprint density at radius 3 is 2.53 bits per heavy atom. The molecule has 9 nitrogen and oxygen atoms in total. The molecule has 30 heavy (non-hydrogen) atoms. The lowest BCUT2D eigenvalue weighted by Gasteiger charge is -2.30. The normalized spacial score (nSPS) is 16.7. The zero-order valence-electron chi connectivity index (χ0n) is 16.0. The van der Waals surface area contributed by atoms with Crippen molar-refractivity contribution in [2.75, 3.05) is 4.90 Å². The van der Waals surface area contributed by atoms with Gasteiger partial charge in [0.25, 0.3) is 11.6 Å². The largest absolute Gasteiger partial charge is 0.478 e. The van der Waals surface area contributed by atoms with E-state index in [1.807, 2.05) is 0 Å². The Morgan fingerprint density at radius 2 is 2.00 bits per heavy atom. The summed E-state index contributed by atoms with van der Waals surface area (Å²) in [6.07, 6.45) is 4.29. The van der Waals surface area contributed by atoms with Gasteiger partial charge in [-0.1, -0.05) is 6.07 Å². The summed E-state index contributed by atoms with van der Waals surface area (Å²) in [6.45, 7) is 10.3. The van der Waals surface area contributed by atoms with Crippen LogP contribution in [0.15, 0.2) is 64.6 Å².